The molecule has 1 aromatic heterocycles. The molecule has 8 nitrogen and oxygen atoms in total. The fourth-order valence-corrected chi connectivity index (χ4v) is 5.82. The van der Waals surface area contributed by atoms with Crippen LogP contribution in [0.15, 0.2) is 34.7 Å². The van der Waals surface area contributed by atoms with Gasteiger partial charge in [0.05, 0.1) is 24.0 Å². The summed E-state index contributed by atoms with van der Waals surface area (Å²) in [4.78, 5) is 40.9. The fourth-order valence-electron chi connectivity index (χ4n) is 5.82. The molecule has 1 aliphatic carbocycles. The number of benzene rings is 1. The Kier molecular flexibility index (Phi) is 4.67. The van der Waals surface area contributed by atoms with Gasteiger partial charge < -0.3 is 14.6 Å². The number of carbonyl (C=O) groups excluding carboxylic acids is 2. The summed E-state index contributed by atoms with van der Waals surface area (Å²) in [6.07, 6.45) is 3.00. The van der Waals surface area contributed by atoms with E-state index in [-0.39, 0.29) is 11.9 Å². The molecule has 5 atom stereocenters. The molecule has 1 aromatic carbocycles. The van der Waals surface area contributed by atoms with Crippen molar-refractivity contribution in [2.24, 2.45) is 11.8 Å². The third kappa shape index (κ3) is 2.78. The molecule has 1 saturated carbocycles. The van der Waals surface area contributed by atoms with Crippen molar-refractivity contribution in [2.75, 3.05) is 0 Å². The Balaban J connectivity index is 1.62. The van der Waals surface area contributed by atoms with Crippen molar-refractivity contribution in [1.82, 2.24) is 10.2 Å². The van der Waals surface area contributed by atoms with E-state index in [0.29, 0.717) is 11.3 Å². The maximum atomic E-state index is 13.6. The number of hydrogen-bond donors (Lipinski definition) is 3. The molecule has 5 unspecified atom stereocenters. The number of nitrogens with zero attached hydrogens (tertiary/aromatic N) is 1. The summed E-state index contributed by atoms with van der Waals surface area (Å²) >= 11 is 0. The molecule has 8 heteroatoms. The van der Waals surface area contributed by atoms with Crippen LogP contribution in [0.2, 0.25) is 0 Å². The van der Waals surface area contributed by atoms with Crippen LogP contribution in [0.1, 0.15) is 50.8 Å². The minimum Gasteiger partial charge on any atom is -0.480 e. The van der Waals surface area contributed by atoms with E-state index in [9.17, 15) is 24.6 Å². The van der Waals surface area contributed by atoms with E-state index in [0.717, 1.165) is 37.5 Å². The first-order valence-corrected chi connectivity index (χ1v) is 10.9. The second-order valence-electron chi connectivity index (χ2n) is 9.00. The van der Waals surface area contributed by atoms with Gasteiger partial charge in [-0.25, -0.2) is 0 Å². The predicted molar refractivity (Wildman–Crippen MR) is 110 cm³/mol. The van der Waals surface area contributed by atoms with Crippen molar-refractivity contribution in [3.05, 3.63) is 36.1 Å². The van der Waals surface area contributed by atoms with E-state index in [1.807, 2.05) is 18.2 Å². The highest BCUT2D eigenvalue weighted by molar-refractivity contribution is 6.10. The van der Waals surface area contributed by atoms with Gasteiger partial charge in [-0.1, -0.05) is 37.5 Å². The Labute approximate surface area is 179 Å². The highest BCUT2D eigenvalue weighted by Gasteiger charge is 2.71. The molecular weight excluding hydrogens is 400 g/mol. The first-order chi connectivity index (χ1) is 14.9. The highest BCUT2D eigenvalue weighted by Crippen LogP contribution is 2.51. The monoisotopic (exact) mass is 426 g/mol. The van der Waals surface area contributed by atoms with E-state index in [1.165, 1.54) is 11.8 Å². The highest BCUT2D eigenvalue weighted by atomic mass is 16.4. The van der Waals surface area contributed by atoms with E-state index in [2.05, 4.69) is 5.32 Å². The van der Waals surface area contributed by atoms with Crippen LogP contribution in [-0.2, 0) is 14.4 Å². The fraction of sp³-hybridized carbons (Fsp3) is 0.522. The summed E-state index contributed by atoms with van der Waals surface area (Å²) in [5.41, 5.74) is -1.36. The Morgan fingerprint density at radius 3 is 2.55 bits per heavy atom. The van der Waals surface area contributed by atoms with Crippen LogP contribution in [0.3, 0.4) is 0 Å². The van der Waals surface area contributed by atoms with Gasteiger partial charge in [0.1, 0.15) is 11.3 Å². The van der Waals surface area contributed by atoms with E-state index in [1.54, 1.807) is 12.1 Å². The Morgan fingerprint density at radius 1 is 1.19 bits per heavy atom. The standard InChI is InChI=1S/C23H26N2O6/c1-12(26)23(22(29)30)18-17(20(27)25(21(18)28)14-8-3-2-4-9-14)19(24-23)16-11-13-7-5-6-10-15(13)31-16/h5-7,10-12,14,17-19,24,26H,2-4,8-9H2,1H3,(H,29,30). The molecule has 3 aliphatic rings. The van der Waals surface area contributed by atoms with Gasteiger partial charge >= 0.3 is 5.97 Å². The van der Waals surface area contributed by atoms with Crippen LogP contribution in [-0.4, -0.2) is 50.6 Å². The van der Waals surface area contributed by atoms with Crippen LogP contribution in [0, 0.1) is 11.8 Å². The molecule has 3 heterocycles. The minimum atomic E-state index is -1.97. The summed E-state index contributed by atoms with van der Waals surface area (Å²) in [5, 5.41) is 24.5. The van der Waals surface area contributed by atoms with Crippen molar-refractivity contribution >= 4 is 28.8 Å². The largest absolute Gasteiger partial charge is 0.480 e. The molecule has 0 radical (unpaired) electrons. The molecular formula is C23H26N2O6. The number of amides is 2. The van der Waals surface area contributed by atoms with Crippen LogP contribution >= 0.6 is 0 Å². The van der Waals surface area contributed by atoms with Gasteiger partial charge in [0, 0.05) is 11.4 Å². The number of imide groups is 1. The lowest BCUT2D eigenvalue weighted by Gasteiger charge is -2.35. The molecule has 2 aliphatic heterocycles. The maximum absolute atomic E-state index is 13.6. The lowest BCUT2D eigenvalue weighted by molar-refractivity contribution is -0.157. The zero-order valence-corrected chi connectivity index (χ0v) is 17.3. The number of furan rings is 1. The second kappa shape index (κ2) is 7.17. The second-order valence-corrected chi connectivity index (χ2v) is 9.00. The van der Waals surface area contributed by atoms with Crippen molar-refractivity contribution < 1.29 is 29.0 Å². The molecule has 2 aromatic rings. The summed E-state index contributed by atoms with van der Waals surface area (Å²) in [6.45, 7) is 1.35. The molecule has 3 fully saturated rings. The molecule has 3 N–H and O–H groups in total. The lowest BCUT2D eigenvalue weighted by atomic mass is 9.77. The van der Waals surface area contributed by atoms with E-state index in [4.69, 9.17) is 4.42 Å². The number of carboxylic acid groups (broad SMARTS) is 1. The quantitative estimate of drug-likeness (QED) is 0.641. The molecule has 5 rings (SSSR count). The van der Waals surface area contributed by atoms with Crippen LogP contribution < -0.4 is 5.32 Å². The van der Waals surface area contributed by atoms with Crippen molar-refractivity contribution in [3.63, 3.8) is 0 Å². The lowest BCUT2D eigenvalue weighted by Crippen LogP contribution is -2.62. The number of aliphatic hydroxyl groups is 1. The summed E-state index contributed by atoms with van der Waals surface area (Å²) in [7, 11) is 0. The number of nitrogens with one attached hydrogen (secondary N) is 1. The average molecular weight is 426 g/mol. The molecule has 2 amide bonds. The van der Waals surface area contributed by atoms with Gasteiger partial charge in [0.25, 0.3) is 0 Å². The molecule has 0 spiro atoms. The predicted octanol–water partition coefficient (Wildman–Crippen LogP) is 2.22. The van der Waals surface area contributed by atoms with Gasteiger partial charge in [-0.3, -0.25) is 24.6 Å². The normalized spacial score (nSPS) is 32.6. The zero-order chi connectivity index (χ0) is 21.9. The zero-order valence-electron chi connectivity index (χ0n) is 17.3. The number of para-hydroxylation sites is 1. The van der Waals surface area contributed by atoms with E-state index < -0.39 is 41.4 Å². The van der Waals surface area contributed by atoms with Crippen LogP contribution in [0.5, 0.6) is 0 Å². The van der Waals surface area contributed by atoms with Gasteiger partial charge in [-0.15, -0.1) is 0 Å². The number of carboxylic acids is 1. The number of rotatable bonds is 4. The number of hydrogen-bond acceptors (Lipinski definition) is 6. The molecule has 2 saturated heterocycles. The average Bonchev–Trinajstić information content (AvgIpc) is 3.40. The van der Waals surface area contributed by atoms with Crippen molar-refractivity contribution in [1.29, 1.82) is 0 Å². The van der Waals surface area contributed by atoms with Crippen molar-refractivity contribution in [2.45, 2.75) is 62.8 Å². The first-order valence-electron chi connectivity index (χ1n) is 10.9. The molecule has 164 valence electrons. The third-order valence-corrected chi connectivity index (χ3v) is 7.33. The molecule has 31 heavy (non-hydrogen) atoms. The van der Waals surface area contributed by atoms with E-state index >= 15 is 0 Å². The summed E-state index contributed by atoms with van der Waals surface area (Å²) in [5.74, 6) is -3.97. The molecule has 0 bridgehead atoms. The summed E-state index contributed by atoms with van der Waals surface area (Å²) < 4.78 is 5.96. The summed E-state index contributed by atoms with van der Waals surface area (Å²) in [6, 6.07) is 8.07. The third-order valence-electron chi connectivity index (χ3n) is 7.33. The first kappa shape index (κ1) is 20.2. The Morgan fingerprint density at radius 2 is 1.90 bits per heavy atom. The smallest absolute Gasteiger partial charge is 0.327 e. The topological polar surface area (TPSA) is 120 Å². The van der Waals surface area contributed by atoms with Gasteiger partial charge in [0.2, 0.25) is 11.8 Å². The minimum absolute atomic E-state index is 0.212. The number of likely N-dealkylation sites (tertiary alicyclic amines) is 1. The van der Waals surface area contributed by atoms with Crippen LogP contribution in [0.4, 0.5) is 0 Å². The Bertz CT molecular complexity index is 1020. The number of fused-ring (bicyclic) bond motifs is 2. The number of carbonyl (C=O) groups is 3. The van der Waals surface area contributed by atoms with Crippen molar-refractivity contribution in [3.8, 4) is 0 Å². The van der Waals surface area contributed by atoms with Crippen LogP contribution in [0.25, 0.3) is 11.0 Å². The van der Waals surface area contributed by atoms with Gasteiger partial charge in [-0.2, -0.15) is 0 Å². The maximum Gasteiger partial charge on any atom is 0.327 e. The Hall–Kier alpha value is -2.71. The van der Waals surface area contributed by atoms with Gasteiger partial charge in [0.15, 0.2) is 5.54 Å². The SMILES string of the molecule is CC(O)C1(C(=O)O)NC(c2cc3ccccc3o2)C2C(=O)N(C3CCCCC3)C(=O)C21. The van der Waals surface area contributed by atoms with Gasteiger partial charge in [-0.05, 0) is 31.9 Å². The number of aliphatic hydroxyl groups excluding tert-OH is 1. The number of aliphatic carboxylic acids is 1.